The van der Waals surface area contributed by atoms with Crippen molar-refractivity contribution in [2.45, 2.75) is 18.8 Å². The summed E-state index contributed by atoms with van der Waals surface area (Å²) >= 11 is 0. The van der Waals surface area contributed by atoms with Gasteiger partial charge in [0.25, 0.3) is 0 Å². The zero-order chi connectivity index (χ0) is 16.0. The summed E-state index contributed by atoms with van der Waals surface area (Å²) in [5, 5.41) is 10.1. The van der Waals surface area contributed by atoms with Crippen LogP contribution >= 0.6 is 0 Å². The van der Waals surface area contributed by atoms with Crippen LogP contribution in [0.2, 0.25) is 0 Å². The number of esters is 1. The Morgan fingerprint density at radius 2 is 1.35 bits per heavy atom. The first-order valence-electron chi connectivity index (χ1n) is 8.14. The summed E-state index contributed by atoms with van der Waals surface area (Å²) < 4.78 is 5.35. The van der Waals surface area contributed by atoms with Crippen LogP contribution in [0.5, 0.6) is 0 Å². The fourth-order valence-corrected chi connectivity index (χ4v) is 4.58. The summed E-state index contributed by atoms with van der Waals surface area (Å²) in [5.41, 5.74) is 5.26. The Hall–Kier alpha value is -2.13. The highest BCUT2D eigenvalue weighted by atomic mass is 16.5. The number of rotatable bonds is 3. The van der Waals surface area contributed by atoms with Gasteiger partial charge in [-0.05, 0) is 28.2 Å². The number of benzene rings is 2. The molecule has 0 amide bonds. The van der Waals surface area contributed by atoms with Crippen molar-refractivity contribution in [3.8, 4) is 0 Å². The van der Waals surface area contributed by atoms with Crippen molar-refractivity contribution in [3.63, 3.8) is 0 Å². The third-order valence-electron chi connectivity index (χ3n) is 5.43. The maximum atomic E-state index is 11.3. The van der Waals surface area contributed by atoms with Gasteiger partial charge in [-0.1, -0.05) is 48.5 Å². The van der Waals surface area contributed by atoms with Gasteiger partial charge in [-0.3, -0.25) is 4.79 Å². The second-order valence-electron chi connectivity index (χ2n) is 6.53. The number of aliphatic hydroxyl groups excluding tert-OH is 1. The molecule has 2 atom stereocenters. The first-order chi connectivity index (χ1) is 11.2. The molecule has 0 saturated carbocycles. The van der Waals surface area contributed by atoms with E-state index in [1.807, 2.05) is 0 Å². The summed E-state index contributed by atoms with van der Waals surface area (Å²) in [6, 6.07) is 17.0. The SMILES string of the molecule is CC(=O)OC[C@@H]1C2c3ccccc3C(c3ccccc32)[C@H]1CO. The van der Waals surface area contributed by atoms with E-state index in [0.717, 1.165) is 0 Å². The molecule has 2 bridgehead atoms. The minimum atomic E-state index is -0.260. The Labute approximate surface area is 135 Å². The molecule has 5 rings (SSSR count). The normalized spacial score (nSPS) is 27.2. The van der Waals surface area contributed by atoms with Crippen molar-refractivity contribution in [3.05, 3.63) is 70.8 Å². The summed E-state index contributed by atoms with van der Waals surface area (Å²) in [5.74, 6) is 0.314. The summed E-state index contributed by atoms with van der Waals surface area (Å²) in [6.45, 7) is 1.91. The Balaban J connectivity index is 1.87. The number of ether oxygens (including phenoxy) is 1. The quantitative estimate of drug-likeness (QED) is 0.887. The molecule has 3 aliphatic rings. The number of fused-ring (bicyclic) bond motifs is 1. The number of hydrogen-bond acceptors (Lipinski definition) is 3. The maximum Gasteiger partial charge on any atom is 0.302 e. The Kier molecular flexibility index (Phi) is 3.46. The van der Waals surface area contributed by atoms with Gasteiger partial charge in [0.05, 0.1) is 6.61 Å². The third-order valence-corrected chi connectivity index (χ3v) is 5.43. The molecule has 0 unspecified atom stereocenters. The van der Waals surface area contributed by atoms with Gasteiger partial charge in [-0.2, -0.15) is 0 Å². The van der Waals surface area contributed by atoms with E-state index in [-0.39, 0.29) is 36.2 Å². The topological polar surface area (TPSA) is 46.5 Å². The van der Waals surface area contributed by atoms with E-state index in [2.05, 4.69) is 48.5 Å². The van der Waals surface area contributed by atoms with E-state index in [4.69, 9.17) is 4.74 Å². The van der Waals surface area contributed by atoms with Gasteiger partial charge in [0.15, 0.2) is 0 Å². The first kappa shape index (κ1) is 14.5. The molecule has 0 heterocycles. The average Bonchev–Trinajstić information content (AvgIpc) is 2.59. The van der Waals surface area contributed by atoms with Crippen LogP contribution in [0.4, 0.5) is 0 Å². The monoisotopic (exact) mass is 308 g/mol. The van der Waals surface area contributed by atoms with Crippen LogP contribution in [0.15, 0.2) is 48.5 Å². The highest BCUT2D eigenvalue weighted by Gasteiger charge is 2.49. The second-order valence-corrected chi connectivity index (χ2v) is 6.53. The fraction of sp³-hybridized carbons (Fsp3) is 0.350. The van der Waals surface area contributed by atoms with Crippen LogP contribution in [-0.2, 0) is 9.53 Å². The molecule has 0 saturated heterocycles. The van der Waals surface area contributed by atoms with Crippen LogP contribution in [0.1, 0.15) is 41.0 Å². The van der Waals surface area contributed by atoms with E-state index in [9.17, 15) is 9.90 Å². The van der Waals surface area contributed by atoms with Crippen LogP contribution in [0, 0.1) is 11.8 Å². The lowest BCUT2D eigenvalue weighted by Crippen LogP contribution is -2.43. The minimum absolute atomic E-state index is 0.0872. The smallest absolute Gasteiger partial charge is 0.302 e. The van der Waals surface area contributed by atoms with Crippen molar-refractivity contribution in [1.82, 2.24) is 0 Å². The molecule has 0 fully saturated rings. The summed E-state index contributed by atoms with van der Waals surface area (Å²) in [6.07, 6.45) is 0. The summed E-state index contributed by atoms with van der Waals surface area (Å²) in [7, 11) is 0. The Morgan fingerprint density at radius 3 is 1.74 bits per heavy atom. The highest BCUT2D eigenvalue weighted by Crippen LogP contribution is 2.57. The number of hydrogen-bond donors (Lipinski definition) is 1. The minimum Gasteiger partial charge on any atom is -0.466 e. The predicted octanol–water partition coefficient (Wildman–Crippen LogP) is 3.07. The zero-order valence-electron chi connectivity index (χ0n) is 13.1. The molecule has 0 spiro atoms. The van der Waals surface area contributed by atoms with Crippen molar-refractivity contribution in [1.29, 1.82) is 0 Å². The van der Waals surface area contributed by atoms with Crippen molar-refractivity contribution in [2.24, 2.45) is 11.8 Å². The van der Waals surface area contributed by atoms with E-state index in [1.54, 1.807) is 0 Å². The molecule has 118 valence electrons. The van der Waals surface area contributed by atoms with Crippen molar-refractivity contribution < 1.29 is 14.6 Å². The van der Waals surface area contributed by atoms with E-state index in [1.165, 1.54) is 29.2 Å². The van der Waals surface area contributed by atoms with Gasteiger partial charge in [0.2, 0.25) is 0 Å². The molecule has 23 heavy (non-hydrogen) atoms. The van der Waals surface area contributed by atoms with Crippen LogP contribution in [-0.4, -0.2) is 24.3 Å². The predicted molar refractivity (Wildman–Crippen MR) is 87.3 cm³/mol. The van der Waals surface area contributed by atoms with Gasteiger partial charge in [-0.25, -0.2) is 0 Å². The molecular formula is C20H20O3. The van der Waals surface area contributed by atoms with Crippen molar-refractivity contribution in [2.75, 3.05) is 13.2 Å². The molecule has 3 heteroatoms. The summed E-state index contributed by atoms with van der Waals surface area (Å²) in [4.78, 5) is 11.3. The van der Waals surface area contributed by atoms with E-state index >= 15 is 0 Å². The standard InChI is InChI=1S/C20H20O3/c1-12(22)23-11-18-17(10-21)19-13-6-2-4-8-15(13)20(18)16-9-5-3-7-14(16)19/h2-9,17-21H,10-11H2,1H3/t17-,18-,19?,20?/m0/s1. The number of aliphatic hydroxyl groups is 1. The zero-order valence-corrected chi connectivity index (χ0v) is 13.1. The average molecular weight is 308 g/mol. The van der Waals surface area contributed by atoms with Crippen molar-refractivity contribution >= 4 is 5.97 Å². The molecule has 0 aromatic heterocycles. The fourth-order valence-electron chi connectivity index (χ4n) is 4.58. The molecule has 2 aromatic carbocycles. The largest absolute Gasteiger partial charge is 0.466 e. The lowest BCUT2D eigenvalue weighted by molar-refractivity contribution is -0.143. The van der Waals surface area contributed by atoms with E-state index in [0.29, 0.717) is 6.61 Å². The molecule has 3 aliphatic carbocycles. The number of carbonyl (C=O) groups excluding carboxylic acids is 1. The molecular weight excluding hydrogens is 288 g/mol. The molecule has 1 N–H and O–H groups in total. The Bertz CT molecular complexity index is 705. The van der Waals surface area contributed by atoms with Crippen LogP contribution < -0.4 is 0 Å². The third kappa shape index (κ3) is 2.11. The molecule has 3 nitrogen and oxygen atoms in total. The first-order valence-corrected chi connectivity index (χ1v) is 8.14. The van der Waals surface area contributed by atoms with Crippen LogP contribution in [0.25, 0.3) is 0 Å². The van der Waals surface area contributed by atoms with Gasteiger partial charge in [0, 0.05) is 31.3 Å². The lowest BCUT2D eigenvalue weighted by Gasteiger charge is -2.50. The van der Waals surface area contributed by atoms with Gasteiger partial charge < -0.3 is 9.84 Å². The molecule has 0 aliphatic heterocycles. The van der Waals surface area contributed by atoms with Gasteiger partial charge in [-0.15, -0.1) is 0 Å². The van der Waals surface area contributed by atoms with Gasteiger partial charge in [0.1, 0.15) is 0 Å². The maximum absolute atomic E-state index is 11.3. The lowest BCUT2D eigenvalue weighted by atomic mass is 9.54. The molecule has 2 aromatic rings. The van der Waals surface area contributed by atoms with Crippen LogP contribution in [0.3, 0.4) is 0 Å². The Morgan fingerprint density at radius 1 is 0.913 bits per heavy atom. The highest BCUT2D eigenvalue weighted by molar-refractivity contribution is 5.66. The molecule has 0 radical (unpaired) electrons. The van der Waals surface area contributed by atoms with E-state index < -0.39 is 0 Å². The number of carbonyl (C=O) groups is 1. The van der Waals surface area contributed by atoms with Gasteiger partial charge >= 0.3 is 5.97 Å². The second kappa shape index (κ2) is 5.50.